The SMILES string of the molecule is CC/C=C\C/C=C\C/C=C\CCCCCC(=O)NC(COC1OC(CO)C(OC2OC(CO)C(OC3OC(CO)C(O)C(O)C3O)C(O)C2O)C(O)C1O)C(O)/C=C/CCCCCCCCCCCCCCCCCCCCCCCCC. The largest absolute Gasteiger partial charge is 0.394 e. The zero-order chi connectivity index (χ0) is 60.5. The van der Waals surface area contributed by atoms with Crippen molar-refractivity contribution < 1.29 is 89.4 Å². The third kappa shape index (κ3) is 30.0. The van der Waals surface area contributed by atoms with Crippen LogP contribution >= 0.6 is 0 Å². The lowest BCUT2D eigenvalue weighted by Crippen LogP contribution is -2.66. The van der Waals surface area contributed by atoms with Gasteiger partial charge in [-0.05, 0) is 51.4 Å². The van der Waals surface area contributed by atoms with E-state index in [0.29, 0.717) is 6.42 Å². The van der Waals surface area contributed by atoms with Crippen molar-refractivity contribution in [3.8, 4) is 0 Å². The second-order valence-electron chi connectivity index (χ2n) is 23.2. The maximum Gasteiger partial charge on any atom is 0.220 e. The fourth-order valence-electron chi connectivity index (χ4n) is 10.9. The van der Waals surface area contributed by atoms with E-state index < -0.39 is 124 Å². The first-order valence-electron chi connectivity index (χ1n) is 32.4. The number of nitrogens with one attached hydrogen (secondary N) is 1. The Morgan fingerprint density at radius 3 is 1.30 bits per heavy atom. The first-order chi connectivity index (χ1) is 40.3. The smallest absolute Gasteiger partial charge is 0.220 e. The number of unbranched alkanes of at least 4 members (excludes halogenated alkanes) is 26. The van der Waals surface area contributed by atoms with E-state index in [1.807, 2.05) is 6.08 Å². The molecule has 0 radical (unpaired) electrons. The number of carbonyl (C=O) groups excluding carboxylic acids is 1. The maximum atomic E-state index is 13.3. The number of hydrogen-bond acceptors (Lipinski definition) is 18. The van der Waals surface area contributed by atoms with Crippen molar-refractivity contribution in [1.29, 1.82) is 0 Å². The van der Waals surface area contributed by atoms with E-state index in [4.69, 9.17) is 28.4 Å². The quantitative estimate of drug-likeness (QED) is 0.0215. The van der Waals surface area contributed by atoms with Gasteiger partial charge in [-0.15, -0.1) is 0 Å². The molecular formula is C64H115NO18. The van der Waals surface area contributed by atoms with Gasteiger partial charge in [0.25, 0.3) is 0 Å². The van der Waals surface area contributed by atoms with Crippen molar-refractivity contribution in [3.63, 3.8) is 0 Å². The van der Waals surface area contributed by atoms with E-state index in [9.17, 15) is 61.0 Å². The van der Waals surface area contributed by atoms with Gasteiger partial charge in [-0.2, -0.15) is 0 Å². The zero-order valence-corrected chi connectivity index (χ0v) is 50.7. The Kier molecular flexibility index (Phi) is 42.3. The minimum atomic E-state index is -1.98. The van der Waals surface area contributed by atoms with Gasteiger partial charge >= 0.3 is 0 Å². The lowest BCUT2D eigenvalue weighted by Gasteiger charge is -2.48. The third-order valence-corrected chi connectivity index (χ3v) is 16.1. The molecule has 3 aliphatic rings. The summed E-state index contributed by atoms with van der Waals surface area (Å²) >= 11 is 0. The van der Waals surface area contributed by atoms with Gasteiger partial charge in [0.15, 0.2) is 18.9 Å². The fraction of sp³-hybridized carbons (Fsp3) is 0.859. The van der Waals surface area contributed by atoms with Crippen LogP contribution in [-0.2, 0) is 33.2 Å². The van der Waals surface area contributed by atoms with E-state index in [0.717, 1.165) is 64.2 Å². The van der Waals surface area contributed by atoms with Crippen molar-refractivity contribution >= 4 is 5.91 Å². The van der Waals surface area contributed by atoms with Crippen LogP contribution in [0.3, 0.4) is 0 Å². The van der Waals surface area contributed by atoms with Gasteiger partial charge in [-0.25, -0.2) is 0 Å². The van der Waals surface area contributed by atoms with Crippen LogP contribution in [0.1, 0.15) is 219 Å². The standard InChI is InChI=1S/C64H115NO18/c1-3-5-7-9-11-13-15-17-18-19-20-21-22-23-24-25-26-27-28-30-31-33-35-37-39-41-48(69)47(65-52(70)42-40-38-36-34-32-29-16-14-12-10-8-6-4-2)46-78-62-58(76)55(73)60(50(44-67)80-62)83-64-59(77)56(74)61(51(45-68)81-64)82-63-57(75)54(72)53(71)49(43-66)79-63/h6,8,12,14,29,32,39,41,47-51,53-64,66-69,71-77H,3-5,7,9-11,13,15-28,30-31,33-38,40,42-46H2,1-2H3,(H,65,70)/b8-6-,14-12-,32-29-,41-39+. The van der Waals surface area contributed by atoms with Gasteiger partial charge in [-0.1, -0.05) is 210 Å². The van der Waals surface area contributed by atoms with E-state index in [-0.39, 0.29) is 18.9 Å². The van der Waals surface area contributed by atoms with E-state index in [2.05, 4.69) is 55.6 Å². The molecule has 3 rings (SSSR count). The topological polar surface area (TPSA) is 307 Å². The molecule has 0 aromatic rings. The summed E-state index contributed by atoms with van der Waals surface area (Å²) < 4.78 is 34.2. The highest BCUT2D eigenvalue weighted by atomic mass is 16.8. The van der Waals surface area contributed by atoms with Crippen LogP contribution < -0.4 is 5.32 Å². The molecule has 0 aromatic heterocycles. The summed E-state index contributed by atoms with van der Waals surface area (Å²) in [7, 11) is 0. The molecule has 3 fully saturated rings. The number of ether oxygens (including phenoxy) is 6. The van der Waals surface area contributed by atoms with Gasteiger partial charge in [0.1, 0.15) is 73.2 Å². The number of hydrogen-bond donors (Lipinski definition) is 12. The maximum absolute atomic E-state index is 13.3. The first-order valence-corrected chi connectivity index (χ1v) is 32.4. The van der Waals surface area contributed by atoms with Gasteiger partial charge in [0.05, 0.1) is 38.6 Å². The van der Waals surface area contributed by atoms with E-state index >= 15 is 0 Å². The Hall–Kier alpha value is -2.25. The molecule has 3 saturated heterocycles. The average molecular weight is 1190 g/mol. The summed E-state index contributed by atoms with van der Waals surface area (Å²) in [6.07, 6.45) is 26.8. The average Bonchev–Trinajstić information content (AvgIpc) is 3.33. The Labute approximate surface area is 497 Å². The third-order valence-electron chi connectivity index (χ3n) is 16.1. The summed E-state index contributed by atoms with van der Waals surface area (Å²) in [6, 6.07) is -0.989. The molecule has 1 amide bonds. The molecule has 0 saturated carbocycles. The highest BCUT2D eigenvalue weighted by Crippen LogP contribution is 2.33. The van der Waals surface area contributed by atoms with Crippen LogP contribution in [0.25, 0.3) is 0 Å². The van der Waals surface area contributed by atoms with Crippen molar-refractivity contribution in [2.24, 2.45) is 0 Å². The molecule has 3 aliphatic heterocycles. The summed E-state index contributed by atoms with van der Waals surface area (Å²) in [4.78, 5) is 13.3. The van der Waals surface area contributed by atoms with Crippen LogP contribution in [0.2, 0.25) is 0 Å². The molecule has 0 aromatic carbocycles. The van der Waals surface area contributed by atoms with E-state index in [1.54, 1.807) is 6.08 Å². The number of amides is 1. The Bertz CT molecular complexity index is 1700. The molecule has 484 valence electrons. The van der Waals surface area contributed by atoms with Crippen molar-refractivity contribution in [1.82, 2.24) is 5.32 Å². The predicted octanol–water partition coefficient (Wildman–Crippen LogP) is 7.04. The lowest BCUT2D eigenvalue weighted by atomic mass is 9.96. The molecule has 19 heteroatoms. The fourth-order valence-corrected chi connectivity index (χ4v) is 10.9. The summed E-state index contributed by atoms with van der Waals surface area (Å²) in [5.74, 6) is -0.305. The van der Waals surface area contributed by atoms with Gasteiger partial charge in [0, 0.05) is 6.42 Å². The van der Waals surface area contributed by atoms with Crippen molar-refractivity contribution in [2.45, 2.75) is 324 Å². The van der Waals surface area contributed by atoms with Gasteiger partial charge in [0.2, 0.25) is 5.91 Å². The monoisotopic (exact) mass is 1190 g/mol. The second kappa shape index (κ2) is 46.8. The molecular weight excluding hydrogens is 1070 g/mol. The van der Waals surface area contributed by atoms with Gasteiger partial charge in [-0.3, -0.25) is 4.79 Å². The number of allylic oxidation sites excluding steroid dienone is 7. The normalized spacial score (nSPS) is 29.7. The van der Waals surface area contributed by atoms with Crippen molar-refractivity contribution in [2.75, 3.05) is 26.4 Å². The highest BCUT2D eigenvalue weighted by Gasteiger charge is 2.53. The Balaban J connectivity index is 1.45. The van der Waals surface area contributed by atoms with E-state index in [1.165, 1.54) is 128 Å². The van der Waals surface area contributed by atoms with Gasteiger partial charge < -0.3 is 89.9 Å². The molecule has 12 N–H and O–H groups in total. The van der Waals surface area contributed by atoms with Crippen LogP contribution in [0, 0.1) is 0 Å². The number of carbonyl (C=O) groups is 1. The molecule has 0 spiro atoms. The molecule has 0 bridgehead atoms. The molecule has 19 nitrogen and oxygen atoms in total. The summed E-state index contributed by atoms with van der Waals surface area (Å²) in [5, 5.41) is 120. The predicted molar refractivity (Wildman–Crippen MR) is 319 cm³/mol. The molecule has 3 heterocycles. The Morgan fingerprint density at radius 1 is 0.446 bits per heavy atom. The second-order valence-corrected chi connectivity index (χ2v) is 23.2. The number of rotatable bonds is 48. The van der Waals surface area contributed by atoms with Crippen LogP contribution in [0.15, 0.2) is 48.6 Å². The van der Waals surface area contributed by atoms with Crippen LogP contribution in [-0.4, -0.2) is 193 Å². The Morgan fingerprint density at radius 2 is 0.831 bits per heavy atom. The number of aliphatic hydroxyl groups excluding tert-OH is 11. The lowest BCUT2D eigenvalue weighted by molar-refractivity contribution is -0.379. The molecule has 83 heavy (non-hydrogen) atoms. The molecule has 17 atom stereocenters. The minimum absolute atomic E-state index is 0.207. The number of aliphatic hydroxyl groups is 11. The van der Waals surface area contributed by atoms with Crippen LogP contribution in [0.4, 0.5) is 0 Å². The zero-order valence-electron chi connectivity index (χ0n) is 50.7. The highest BCUT2D eigenvalue weighted by molar-refractivity contribution is 5.76. The van der Waals surface area contributed by atoms with Crippen LogP contribution in [0.5, 0.6) is 0 Å². The summed E-state index contributed by atoms with van der Waals surface area (Å²) in [6.45, 7) is 1.59. The summed E-state index contributed by atoms with van der Waals surface area (Å²) in [5.41, 5.74) is 0. The molecule has 17 unspecified atom stereocenters. The first kappa shape index (κ1) is 75.0. The molecule has 0 aliphatic carbocycles. The minimum Gasteiger partial charge on any atom is -0.394 e. The van der Waals surface area contributed by atoms with Crippen molar-refractivity contribution in [3.05, 3.63) is 48.6 Å².